The minimum absolute atomic E-state index is 0.322. The molecular formula is C16H15BrClNS. The zero-order valence-corrected chi connectivity index (χ0v) is 14.3. The minimum Gasteiger partial charge on any atom is -0.377 e. The van der Waals surface area contributed by atoms with Crippen LogP contribution in [0.4, 0.5) is 5.69 Å². The van der Waals surface area contributed by atoms with Gasteiger partial charge in [0.05, 0.1) is 6.04 Å². The highest BCUT2D eigenvalue weighted by Gasteiger charge is 2.21. The maximum atomic E-state index is 6.16. The lowest BCUT2D eigenvalue weighted by molar-refractivity contribution is 0.728. The van der Waals surface area contributed by atoms with Crippen molar-refractivity contribution < 1.29 is 0 Å². The molecule has 1 atom stereocenters. The van der Waals surface area contributed by atoms with Crippen LogP contribution in [0.15, 0.2) is 45.8 Å². The van der Waals surface area contributed by atoms with E-state index in [1.165, 1.54) is 16.0 Å². The molecule has 104 valence electrons. The van der Waals surface area contributed by atoms with E-state index in [-0.39, 0.29) is 0 Å². The quantitative estimate of drug-likeness (QED) is 0.691. The Morgan fingerprint density at radius 3 is 3.00 bits per heavy atom. The summed E-state index contributed by atoms with van der Waals surface area (Å²) in [5, 5.41) is 4.46. The Morgan fingerprint density at radius 1 is 1.30 bits per heavy atom. The molecule has 20 heavy (non-hydrogen) atoms. The number of aryl methyl sites for hydroxylation is 1. The molecule has 1 heterocycles. The second-order valence-corrected chi connectivity index (χ2v) is 7.32. The Kier molecular flexibility index (Phi) is 4.29. The van der Waals surface area contributed by atoms with Gasteiger partial charge in [-0.2, -0.15) is 0 Å². The largest absolute Gasteiger partial charge is 0.377 e. The van der Waals surface area contributed by atoms with Crippen molar-refractivity contribution in [1.82, 2.24) is 0 Å². The average Bonchev–Trinajstić information content (AvgIpc) is 2.44. The van der Waals surface area contributed by atoms with Crippen molar-refractivity contribution in [3.8, 4) is 0 Å². The van der Waals surface area contributed by atoms with E-state index >= 15 is 0 Å². The first kappa shape index (κ1) is 14.3. The van der Waals surface area contributed by atoms with Crippen LogP contribution in [0.25, 0.3) is 0 Å². The lowest BCUT2D eigenvalue weighted by atomic mass is 10.0. The molecule has 0 amide bonds. The van der Waals surface area contributed by atoms with E-state index < -0.39 is 0 Å². The lowest BCUT2D eigenvalue weighted by Gasteiger charge is -2.27. The van der Waals surface area contributed by atoms with Crippen LogP contribution < -0.4 is 5.32 Å². The van der Waals surface area contributed by atoms with Gasteiger partial charge in [0.1, 0.15) is 0 Å². The summed E-state index contributed by atoms with van der Waals surface area (Å²) in [6.07, 6.45) is 1.11. The van der Waals surface area contributed by atoms with Gasteiger partial charge in [-0.15, -0.1) is 11.8 Å². The second kappa shape index (κ2) is 6.00. The maximum Gasteiger partial charge on any atom is 0.0533 e. The van der Waals surface area contributed by atoms with Crippen molar-refractivity contribution in [2.75, 3.05) is 11.1 Å². The molecule has 0 aromatic heterocycles. The summed E-state index contributed by atoms with van der Waals surface area (Å²) >= 11 is 11.7. The van der Waals surface area contributed by atoms with Gasteiger partial charge < -0.3 is 5.32 Å². The molecule has 0 aliphatic carbocycles. The number of hydrogen-bond donors (Lipinski definition) is 1. The van der Waals surface area contributed by atoms with Gasteiger partial charge >= 0.3 is 0 Å². The molecule has 1 nitrogen and oxygen atoms in total. The van der Waals surface area contributed by atoms with Gasteiger partial charge in [0.25, 0.3) is 0 Å². The van der Waals surface area contributed by atoms with Gasteiger partial charge in [0, 0.05) is 25.8 Å². The van der Waals surface area contributed by atoms with Crippen molar-refractivity contribution in [1.29, 1.82) is 0 Å². The van der Waals surface area contributed by atoms with Crippen LogP contribution in [0.1, 0.15) is 23.6 Å². The van der Waals surface area contributed by atoms with Gasteiger partial charge in [-0.3, -0.25) is 0 Å². The Hall–Kier alpha value is -0.640. The van der Waals surface area contributed by atoms with E-state index in [1.807, 2.05) is 17.8 Å². The van der Waals surface area contributed by atoms with E-state index in [9.17, 15) is 0 Å². The van der Waals surface area contributed by atoms with E-state index in [2.05, 4.69) is 58.5 Å². The van der Waals surface area contributed by atoms with Gasteiger partial charge in [-0.25, -0.2) is 0 Å². The molecule has 1 aliphatic rings. The topological polar surface area (TPSA) is 12.0 Å². The van der Waals surface area contributed by atoms with E-state index in [0.29, 0.717) is 6.04 Å². The van der Waals surface area contributed by atoms with E-state index in [1.54, 1.807) is 0 Å². The number of halogens is 2. The highest BCUT2D eigenvalue weighted by atomic mass is 79.9. The van der Waals surface area contributed by atoms with Crippen LogP contribution in [0.3, 0.4) is 0 Å². The fourth-order valence-corrected chi connectivity index (χ4v) is 4.13. The smallest absolute Gasteiger partial charge is 0.0533 e. The Balaban J connectivity index is 1.93. The third-order valence-corrected chi connectivity index (χ3v) is 5.94. The first-order valence-electron chi connectivity index (χ1n) is 6.59. The third-order valence-electron chi connectivity index (χ3n) is 3.53. The Morgan fingerprint density at radius 2 is 2.15 bits per heavy atom. The molecule has 0 saturated heterocycles. The second-order valence-electron chi connectivity index (χ2n) is 4.95. The summed E-state index contributed by atoms with van der Waals surface area (Å²) in [6.45, 7) is 2.11. The third kappa shape index (κ3) is 2.85. The molecule has 0 bridgehead atoms. The fourth-order valence-electron chi connectivity index (χ4n) is 2.46. The molecule has 2 aromatic carbocycles. The number of fused-ring (bicyclic) bond motifs is 1. The van der Waals surface area contributed by atoms with Crippen LogP contribution in [-0.2, 0) is 0 Å². The van der Waals surface area contributed by atoms with Crippen molar-refractivity contribution in [3.05, 3.63) is 57.0 Å². The molecule has 0 spiro atoms. The molecule has 0 radical (unpaired) electrons. The Bertz CT molecular complexity index is 644. The molecule has 3 rings (SSSR count). The molecule has 2 aromatic rings. The summed E-state index contributed by atoms with van der Waals surface area (Å²) in [5.74, 6) is 1.13. The summed E-state index contributed by atoms with van der Waals surface area (Å²) in [5.41, 5.74) is 3.70. The standard InChI is InChI=1S/C16H15BrClNS/c1-10-3-2-4-14(16(10)17)19-13-7-8-20-15-6-5-11(18)9-12(13)15/h2-6,9,13,19H,7-8H2,1H3. The number of rotatable bonds is 2. The zero-order valence-electron chi connectivity index (χ0n) is 11.1. The zero-order chi connectivity index (χ0) is 14.1. The molecular weight excluding hydrogens is 354 g/mol. The highest BCUT2D eigenvalue weighted by Crippen LogP contribution is 2.40. The van der Waals surface area contributed by atoms with Crippen molar-refractivity contribution in [3.63, 3.8) is 0 Å². The van der Waals surface area contributed by atoms with Gasteiger partial charge in [-0.1, -0.05) is 23.7 Å². The van der Waals surface area contributed by atoms with E-state index in [4.69, 9.17) is 11.6 Å². The van der Waals surface area contributed by atoms with Crippen LogP contribution in [-0.4, -0.2) is 5.75 Å². The lowest BCUT2D eigenvalue weighted by Crippen LogP contribution is -2.16. The van der Waals surface area contributed by atoms with Crippen LogP contribution in [0.2, 0.25) is 5.02 Å². The molecule has 4 heteroatoms. The molecule has 1 N–H and O–H groups in total. The van der Waals surface area contributed by atoms with Crippen LogP contribution in [0, 0.1) is 6.92 Å². The number of hydrogen-bond acceptors (Lipinski definition) is 2. The van der Waals surface area contributed by atoms with Crippen molar-refractivity contribution in [2.45, 2.75) is 24.3 Å². The van der Waals surface area contributed by atoms with Gasteiger partial charge in [0.15, 0.2) is 0 Å². The normalized spacial score (nSPS) is 17.6. The van der Waals surface area contributed by atoms with Crippen molar-refractivity contribution in [2.24, 2.45) is 0 Å². The average molecular weight is 369 g/mol. The van der Waals surface area contributed by atoms with Crippen molar-refractivity contribution >= 4 is 45.0 Å². The monoisotopic (exact) mass is 367 g/mol. The number of thioether (sulfide) groups is 1. The molecule has 0 fully saturated rings. The molecule has 0 saturated carbocycles. The predicted molar refractivity (Wildman–Crippen MR) is 92.0 cm³/mol. The maximum absolute atomic E-state index is 6.16. The number of benzene rings is 2. The summed E-state index contributed by atoms with van der Waals surface area (Å²) < 4.78 is 1.14. The summed E-state index contributed by atoms with van der Waals surface area (Å²) in [4.78, 5) is 1.34. The molecule has 1 aliphatic heterocycles. The molecule has 1 unspecified atom stereocenters. The first-order chi connectivity index (χ1) is 9.65. The van der Waals surface area contributed by atoms with Gasteiger partial charge in [0.2, 0.25) is 0 Å². The fraction of sp³-hybridized carbons (Fsp3) is 0.250. The van der Waals surface area contributed by atoms with E-state index in [0.717, 1.165) is 27.4 Å². The predicted octanol–water partition coefficient (Wildman–Crippen LogP) is 6.06. The Labute approximate surface area is 137 Å². The van der Waals surface area contributed by atoms with Crippen LogP contribution in [0.5, 0.6) is 0 Å². The highest BCUT2D eigenvalue weighted by molar-refractivity contribution is 9.10. The number of nitrogens with one attached hydrogen (secondary N) is 1. The SMILES string of the molecule is Cc1cccc(NC2CCSc3ccc(Cl)cc32)c1Br. The summed E-state index contributed by atoms with van der Waals surface area (Å²) in [6, 6.07) is 12.8. The summed E-state index contributed by atoms with van der Waals surface area (Å²) in [7, 11) is 0. The van der Waals surface area contributed by atoms with Gasteiger partial charge in [-0.05, 0) is 64.7 Å². The van der Waals surface area contributed by atoms with Crippen LogP contribution >= 0.6 is 39.3 Å². The number of anilines is 1. The minimum atomic E-state index is 0.322. The first-order valence-corrected chi connectivity index (χ1v) is 8.74.